The number of halogens is 2. The van der Waals surface area contributed by atoms with Gasteiger partial charge in [-0.25, -0.2) is 8.78 Å². The molecule has 0 radical (unpaired) electrons. The first-order chi connectivity index (χ1) is 21.1. The fraction of sp³-hybridized carbons (Fsp3) is 0.647. The molecule has 1 aromatic heterocycles. The lowest BCUT2D eigenvalue weighted by molar-refractivity contribution is -0.212. The summed E-state index contributed by atoms with van der Waals surface area (Å²) < 4.78 is 37.7. The number of ketones is 2. The maximum Gasteiger partial charge on any atom is 0.302 e. The number of nitrogens with zero attached hydrogens (tertiary/aromatic N) is 1. The van der Waals surface area contributed by atoms with E-state index in [0.717, 1.165) is 4.88 Å². The molecule has 45 heavy (non-hydrogen) atoms. The Kier molecular flexibility index (Phi) is 8.81. The lowest BCUT2D eigenvalue weighted by Crippen LogP contribution is -2.69. The van der Waals surface area contributed by atoms with E-state index >= 15 is 8.78 Å². The number of allylic oxidation sites excluding steroid dienone is 4. The van der Waals surface area contributed by atoms with Crippen molar-refractivity contribution >= 4 is 34.8 Å². The minimum absolute atomic E-state index is 0.0613. The lowest BCUT2D eigenvalue weighted by atomic mass is 9.43. The van der Waals surface area contributed by atoms with Crippen LogP contribution in [-0.4, -0.2) is 82.3 Å². The summed E-state index contributed by atoms with van der Waals surface area (Å²) in [7, 11) is 0. The summed E-state index contributed by atoms with van der Waals surface area (Å²) in [5, 5.41) is 23.7. The molecule has 1 saturated heterocycles. The van der Waals surface area contributed by atoms with E-state index in [1.807, 2.05) is 31.4 Å². The second-order valence-electron chi connectivity index (χ2n) is 13.7. The van der Waals surface area contributed by atoms with Crippen LogP contribution in [0.3, 0.4) is 0 Å². The number of carbonyl (C=O) groups excluding carboxylic acids is 4. The topological polar surface area (TPSA) is 121 Å². The molecular weight excluding hydrogens is 604 g/mol. The van der Waals surface area contributed by atoms with Gasteiger partial charge < -0.3 is 19.8 Å². The van der Waals surface area contributed by atoms with E-state index in [-0.39, 0.29) is 55.2 Å². The largest absolute Gasteiger partial charge is 0.466 e. The average molecular weight is 648 g/mol. The molecule has 1 aliphatic heterocycles. The Morgan fingerprint density at radius 3 is 2.47 bits per heavy atom. The van der Waals surface area contributed by atoms with Gasteiger partial charge in [-0.15, -0.1) is 11.3 Å². The third kappa shape index (κ3) is 4.78. The van der Waals surface area contributed by atoms with Crippen LogP contribution >= 0.6 is 11.3 Å². The number of fused-ring (bicyclic) bond motifs is 7. The first-order valence-electron chi connectivity index (χ1n) is 15.7. The standard InChI is InChI=1S/C30H35F2NO5S.C4H8O2/c1-16-19-11-20-21-12-23(31)22-9-17(35)6-7-27(22,2)30(21,32)24(36)13-28(20,3)29(19,25(37)14-34)15-33(16)26(38)10-18-5-4-8-39-18;1-3-6-4(2)5/h4-9,16,19-21,23-24,34,36H,10-15H2,1-3H3;3H2,1-2H3/t16?,19-,20?,21?,23-,24-,27-,28-,29+,30-;/m0./s1. The number of amides is 1. The second-order valence-corrected chi connectivity index (χ2v) is 14.7. The van der Waals surface area contributed by atoms with Crippen LogP contribution in [0.2, 0.25) is 0 Å². The number of thiophene rings is 1. The predicted molar refractivity (Wildman–Crippen MR) is 164 cm³/mol. The number of esters is 1. The number of hydrogen-bond acceptors (Lipinski definition) is 8. The molecule has 3 unspecified atom stereocenters. The van der Waals surface area contributed by atoms with Crippen molar-refractivity contribution in [2.45, 2.75) is 84.3 Å². The van der Waals surface area contributed by atoms with Crippen LogP contribution in [0, 0.1) is 34.0 Å². The number of aliphatic hydroxyl groups excluding tert-OH is 2. The monoisotopic (exact) mass is 647 g/mol. The molecule has 1 aromatic rings. The van der Waals surface area contributed by atoms with Crippen molar-refractivity contribution in [1.82, 2.24) is 4.90 Å². The van der Waals surface area contributed by atoms with Crippen LogP contribution in [0.4, 0.5) is 8.78 Å². The minimum atomic E-state index is -2.23. The van der Waals surface area contributed by atoms with Crippen molar-refractivity contribution in [2.75, 3.05) is 19.8 Å². The number of alkyl halides is 2. The highest BCUT2D eigenvalue weighted by Crippen LogP contribution is 2.75. The summed E-state index contributed by atoms with van der Waals surface area (Å²) in [5.41, 5.74) is -5.81. The molecule has 246 valence electrons. The van der Waals surface area contributed by atoms with Gasteiger partial charge in [0.15, 0.2) is 17.2 Å². The first-order valence-corrected chi connectivity index (χ1v) is 16.6. The molecule has 4 aliphatic carbocycles. The highest BCUT2D eigenvalue weighted by molar-refractivity contribution is 7.10. The zero-order valence-corrected chi connectivity index (χ0v) is 27.2. The van der Waals surface area contributed by atoms with Crippen LogP contribution in [-0.2, 0) is 30.3 Å². The molecule has 4 fully saturated rings. The molecule has 0 aromatic carbocycles. The van der Waals surface area contributed by atoms with Crippen LogP contribution in [0.15, 0.2) is 41.3 Å². The molecule has 5 aliphatic rings. The fourth-order valence-corrected chi connectivity index (χ4v) is 10.6. The van der Waals surface area contributed by atoms with E-state index in [4.69, 9.17) is 0 Å². The van der Waals surface area contributed by atoms with Crippen LogP contribution in [0.1, 0.15) is 58.8 Å². The van der Waals surface area contributed by atoms with Gasteiger partial charge in [-0.3, -0.25) is 19.2 Å². The Balaban J connectivity index is 0.000000609. The molecule has 8 nitrogen and oxygen atoms in total. The van der Waals surface area contributed by atoms with Crippen molar-refractivity contribution in [3.8, 4) is 0 Å². The van der Waals surface area contributed by atoms with Gasteiger partial charge in [0.05, 0.1) is 24.5 Å². The van der Waals surface area contributed by atoms with E-state index in [1.165, 1.54) is 36.5 Å². The SMILES string of the molecule is CC1[C@@H]2CC3C4C[C@H](F)C5=CC(=O)C=C[C@]5(C)[C@@]4(F)[C@@H](O)C[C@]3(C)[C@]2(C(=O)CO)CN1C(=O)Cc1cccs1.CCOC(C)=O. The summed E-state index contributed by atoms with van der Waals surface area (Å²) in [5.74, 6) is -2.84. The number of likely N-dealkylation sites (tertiary alicyclic amines) is 1. The number of Topliss-reactive ketones (excluding diaryl/α,β-unsaturated/α-hetero) is 1. The van der Waals surface area contributed by atoms with Gasteiger partial charge in [0, 0.05) is 35.7 Å². The second kappa shape index (κ2) is 11.8. The minimum Gasteiger partial charge on any atom is -0.466 e. The van der Waals surface area contributed by atoms with E-state index in [9.17, 15) is 29.4 Å². The molecule has 0 bridgehead atoms. The van der Waals surface area contributed by atoms with Crippen LogP contribution in [0.5, 0.6) is 0 Å². The van der Waals surface area contributed by atoms with Crippen molar-refractivity contribution < 1.29 is 42.9 Å². The van der Waals surface area contributed by atoms with Crippen molar-refractivity contribution in [1.29, 1.82) is 0 Å². The Labute approximate surface area is 266 Å². The molecule has 2 heterocycles. The predicted octanol–water partition coefficient (Wildman–Crippen LogP) is 4.18. The number of aliphatic hydroxyl groups is 2. The Morgan fingerprint density at radius 2 is 1.89 bits per heavy atom. The Morgan fingerprint density at radius 1 is 1.18 bits per heavy atom. The molecule has 1 amide bonds. The summed E-state index contributed by atoms with van der Waals surface area (Å²) in [6, 6.07) is 3.43. The smallest absolute Gasteiger partial charge is 0.302 e. The fourth-order valence-electron chi connectivity index (χ4n) is 9.87. The van der Waals surface area contributed by atoms with Gasteiger partial charge in [-0.1, -0.05) is 19.1 Å². The van der Waals surface area contributed by atoms with Crippen molar-refractivity contribution in [3.05, 3.63) is 46.2 Å². The third-order valence-corrected chi connectivity index (χ3v) is 12.8. The zero-order valence-electron chi connectivity index (χ0n) is 26.4. The van der Waals surface area contributed by atoms with Crippen molar-refractivity contribution in [2.24, 2.45) is 34.0 Å². The van der Waals surface area contributed by atoms with Gasteiger partial charge in [0.1, 0.15) is 12.8 Å². The number of rotatable bonds is 5. The zero-order chi connectivity index (χ0) is 33.1. The number of hydrogen-bond donors (Lipinski definition) is 2. The first kappa shape index (κ1) is 33.6. The van der Waals surface area contributed by atoms with Gasteiger partial charge in [-0.05, 0) is 86.5 Å². The summed E-state index contributed by atoms with van der Waals surface area (Å²) in [6.45, 7) is 8.35. The van der Waals surface area contributed by atoms with Gasteiger partial charge in [0.2, 0.25) is 5.91 Å². The molecule has 2 N–H and O–H groups in total. The average Bonchev–Trinajstić information content (AvgIpc) is 3.66. The molecule has 0 spiro atoms. The molecule has 11 heteroatoms. The summed E-state index contributed by atoms with van der Waals surface area (Å²) in [6.07, 6.45) is 1.08. The normalized spacial score (nSPS) is 41.1. The molecule has 6 rings (SSSR count). The summed E-state index contributed by atoms with van der Waals surface area (Å²) in [4.78, 5) is 51.7. The van der Waals surface area contributed by atoms with Gasteiger partial charge >= 0.3 is 5.97 Å². The van der Waals surface area contributed by atoms with E-state index < -0.39 is 64.2 Å². The molecule has 3 saturated carbocycles. The van der Waals surface area contributed by atoms with Crippen molar-refractivity contribution in [3.63, 3.8) is 0 Å². The molecular formula is C34H43F2NO7S. The highest BCUT2D eigenvalue weighted by atomic mass is 32.1. The lowest BCUT2D eigenvalue weighted by Gasteiger charge is -2.63. The maximum absolute atomic E-state index is 17.5. The van der Waals surface area contributed by atoms with Gasteiger partial charge in [-0.2, -0.15) is 0 Å². The van der Waals surface area contributed by atoms with E-state index in [2.05, 4.69) is 4.74 Å². The quantitative estimate of drug-likeness (QED) is 0.460. The van der Waals surface area contributed by atoms with Gasteiger partial charge in [0.25, 0.3) is 0 Å². The number of carbonyl (C=O) groups is 4. The summed E-state index contributed by atoms with van der Waals surface area (Å²) >= 11 is 1.49. The Bertz CT molecular complexity index is 1430. The number of ether oxygens (including phenoxy) is 1. The van der Waals surface area contributed by atoms with Crippen LogP contribution in [0.25, 0.3) is 0 Å². The highest BCUT2D eigenvalue weighted by Gasteiger charge is 2.79. The van der Waals surface area contributed by atoms with E-state index in [1.54, 1.807) is 18.7 Å². The molecule has 10 atom stereocenters. The van der Waals surface area contributed by atoms with Crippen LogP contribution < -0.4 is 0 Å². The third-order valence-electron chi connectivity index (χ3n) is 11.9. The van der Waals surface area contributed by atoms with E-state index in [0.29, 0.717) is 13.0 Å². The maximum atomic E-state index is 17.5. The Hall–Kier alpha value is -2.76.